The molecule has 1 rings (SSSR count). The first kappa shape index (κ1) is 17.3. The Morgan fingerprint density at radius 1 is 1.38 bits per heavy atom. The number of esters is 1. The number of hydrogen-bond donors (Lipinski definition) is 2. The molecular weight excluding hydrogens is 266 g/mol. The molecule has 5 heteroatoms. The summed E-state index contributed by atoms with van der Waals surface area (Å²) in [6.45, 7) is 8.64. The molecule has 0 saturated heterocycles. The van der Waals surface area contributed by atoms with Gasteiger partial charge in [0, 0.05) is 12.2 Å². The molecule has 0 aromatic carbocycles. The van der Waals surface area contributed by atoms with Crippen LogP contribution >= 0.6 is 0 Å². The molecule has 0 spiro atoms. The van der Waals surface area contributed by atoms with Crippen LogP contribution < -0.4 is 11.1 Å². The van der Waals surface area contributed by atoms with Crippen molar-refractivity contribution in [3.8, 4) is 0 Å². The number of aromatic nitrogens is 1. The van der Waals surface area contributed by atoms with E-state index < -0.39 is 5.97 Å². The van der Waals surface area contributed by atoms with Gasteiger partial charge in [0.25, 0.3) is 0 Å². The maximum atomic E-state index is 11.8. The second-order valence-electron chi connectivity index (χ2n) is 5.71. The standard InChI is InChI=1S/C16H27N3O2/c1-5-21-16(20)13-9-10-18-15(14(13)17)19-12(4)8-6-7-11(2)3/h9-12H,5-8,17H2,1-4H3,(H,18,19). The SMILES string of the molecule is CCOC(=O)c1ccnc(NC(C)CCCC(C)C)c1N. The molecule has 0 aliphatic carbocycles. The number of hydrogen-bond acceptors (Lipinski definition) is 5. The van der Waals surface area contributed by atoms with Gasteiger partial charge >= 0.3 is 5.97 Å². The van der Waals surface area contributed by atoms with Gasteiger partial charge in [-0.25, -0.2) is 9.78 Å². The fraction of sp³-hybridized carbons (Fsp3) is 0.625. The lowest BCUT2D eigenvalue weighted by molar-refractivity contribution is 0.0527. The van der Waals surface area contributed by atoms with Gasteiger partial charge in [-0.3, -0.25) is 0 Å². The molecule has 0 fully saturated rings. The first-order valence-corrected chi connectivity index (χ1v) is 7.63. The summed E-state index contributed by atoms with van der Waals surface area (Å²) in [4.78, 5) is 16.0. The van der Waals surface area contributed by atoms with Crippen molar-refractivity contribution in [2.24, 2.45) is 5.92 Å². The number of anilines is 2. The molecule has 1 aromatic rings. The predicted octanol–water partition coefficient (Wildman–Crippen LogP) is 3.47. The molecule has 1 unspecified atom stereocenters. The zero-order chi connectivity index (χ0) is 15.8. The van der Waals surface area contributed by atoms with Crippen molar-refractivity contribution in [1.29, 1.82) is 0 Å². The molecule has 0 aliphatic heterocycles. The minimum Gasteiger partial charge on any atom is -0.462 e. The van der Waals surface area contributed by atoms with Gasteiger partial charge in [-0.1, -0.05) is 26.7 Å². The van der Waals surface area contributed by atoms with Crippen molar-refractivity contribution < 1.29 is 9.53 Å². The molecule has 1 atom stereocenters. The second kappa shape index (κ2) is 8.49. The summed E-state index contributed by atoms with van der Waals surface area (Å²) in [5.41, 5.74) is 6.73. The van der Waals surface area contributed by atoms with E-state index in [1.165, 1.54) is 6.42 Å². The highest BCUT2D eigenvalue weighted by molar-refractivity contribution is 5.97. The van der Waals surface area contributed by atoms with Crippen molar-refractivity contribution in [2.75, 3.05) is 17.7 Å². The first-order chi connectivity index (χ1) is 9.95. The summed E-state index contributed by atoms with van der Waals surface area (Å²) in [6, 6.07) is 1.85. The third kappa shape index (κ3) is 5.61. The summed E-state index contributed by atoms with van der Waals surface area (Å²) in [6.07, 6.45) is 4.98. The number of nitrogens with one attached hydrogen (secondary N) is 1. The van der Waals surface area contributed by atoms with Crippen LogP contribution in [0.4, 0.5) is 11.5 Å². The van der Waals surface area contributed by atoms with E-state index >= 15 is 0 Å². The normalized spacial score (nSPS) is 12.2. The lowest BCUT2D eigenvalue weighted by atomic mass is 10.0. The van der Waals surface area contributed by atoms with E-state index in [0.29, 0.717) is 29.6 Å². The van der Waals surface area contributed by atoms with E-state index in [1.807, 2.05) is 0 Å². The van der Waals surface area contributed by atoms with E-state index in [9.17, 15) is 4.79 Å². The lowest BCUT2D eigenvalue weighted by Crippen LogP contribution is -2.19. The number of rotatable bonds is 8. The number of ether oxygens (including phenoxy) is 1. The molecule has 0 saturated carbocycles. The number of carbonyl (C=O) groups excluding carboxylic acids is 1. The predicted molar refractivity (Wildman–Crippen MR) is 86.4 cm³/mol. The van der Waals surface area contributed by atoms with Crippen LogP contribution in [0.1, 0.15) is 57.3 Å². The maximum absolute atomic E-state index is 11.8. The summed E-state index contributed by atoms with van der Waals surface area (Å²) < 4.78 is 4.99. The Labute approximate surface area is 127 Å². The van der Waals surface area contributed by atoms with Crippen LogP contribution in [0.3, 0.4) is 0 Å². The van der Waals surface area contributed by atoms with E-state index in [4.69, 9.17) is 10.5 Å². The average Bonchev–Trinajstić information content (AvgIpc) is 2.41. The van der Waals surface area contributed by atoms with Gasteiger partial charge in [0.1, 0.15) is 5.82 Å². The Balaban J connectivity index is 2.67. The number of pyridine rings is 1. The van der Waals surface area contributed by atoms with E-state index in [-0.39, 0.29) is 6.04 Å². The fourth-order valence-corrected chi connectivity index (χ4v) is 2.11. The minimum atomic E-state index is -0.409. The van der Waals surface area contributed by atoms with Crippen LogP contribution in [0.5, 0.6) is 0 Å². The molecular formula is C16H27N3O2. The molecule has 3 N–H and O–H groups in total. The summed E-state index contributed by atoms with van der Waals surface area (Å²) in [7, 11) is 0. The van der Waals surface area contributed by atoms with E-state index in [2.05, 4.69) is 31.1 Å². The fourth-order valence-electron chi connectivity index (χ4n) is 2.11. The quantitative estimate of drug-likeness (QED) is 0.718. The smallest absolute Gasteiger partial charge is 0.340 e. The van der Waals surface area contributed by atoms with Gasteiger partial charge in [-0.15, -0.1) is 0 Å². The van der Waals surface area contributed by atoms with Gasteiger partial charge in [-0.2, -0.15) is 0 Å². The Hall–Kier alpha value is -1.78. The molecule has 1 aromatic heterocycles. The van der Waals surface area contributed by atoms with Crippen molar-refractivity contribution in [2.45, 2.75) is 53.0 Å². The monoisotopic (exact) mass is 293 g/mol. The van der Waals surface area contributed by atoms with Crippen LogP contribution in [-0.2, 0) is 4.74 Å². The van der Waals surface area contributed by atoms with Gasteiger partial charge in [0.2, 0.25) is 0 Å². The Morgan fingerprint density at radius 3 is 2.71 bits per heavy atom. The molecule has 0 radical (unpaired) electrons. The van der Waals surface area contributed by atoms with Gasteiger partial charge in [0.05, 0.1) is 17.9 Å². The molecule has 0 amide bonds. The largest absolute Gasteiger partial charge is 0.462 e. The molecule has 0 aliphatic rings. The molecule has 118 valence electrons. The van der Waals surface area contributed by atoms with Crippen molar-refractivity contribution >= 4 is 17.5 Å². The van der Waals surface area contributed by atoms with Gasteiger partial charge in [-0.05, 0) is 32.3 Å². The topological polar surface area (TPSA) is 77.2 Å². The van der Waals surface area contributed by atoms with Crippen LogP contribution in [0.2, 0.25) is 0 Å². The number of carbonyl (C=O) groups is 1. The summed E-state index contributed by atoms with van der Waals surface area (Å²) in [5, 5.41) is 3.28. The average molecular weight is 293 g/mol. The van der Waals surface area contributed by atoms with Crippen LogP contribution in [0.25, 0.3) is 0 Å². The number of nitrogens with zero attached hydrogens (tertiary/aromatic N) is 1. The van der Waals surface area contributed by atoms with Crippen LogP contribution in [0.15, 0.2) is 12.3 Å². The van der Waals surface area contributed by atoms with Crippen molar-refractivity contribution in [3.05, 3.63) is 17.8 Å². The highest BCUT2D eigenvalue weighted by Crippen LogP contribution is 2.22. The second-order valence-corrected chi connectivity index (χ2v) is 5.71. The van der Waals surface area contributed by atoms with Crippen molar-refractivity contribution in [1.82, 2.24) is 4.98 Å². The highest BCUT2D eigenvalue weighted by Gasteiger charge is 2.15. The highest BCUT2D eigenvalue weighted by atomic mass is 16.5. The Kier molecular flexibility index (Phi) is 6.99. The third-order valence-corrected chi connectivity index (χ3v) is 3.29. The lowest BCUT2D eigenvalue weighted by Gasteiger charge is -2.17. The van der Waals surface area contributed by atoms with E-state index in [0.717, 1.165) is 12.8 Å². The van der Waals surface area contributed by atoms with Crippen LogP contribution in [0, 0.1) is 5.92 Å². The van der Waals surface area contributed by atoms with Crippen LogP contribution in [-0.4, -0.2) is 23.6 Å². The summed E-state index contributed by atoms with van der Waals surface area (Å²) >= 11 is 0. The maximum Gasteiger partial charge on any atom is 0.340 e. The summed E-state index contributed by atoms with van der Waals surface area (Å²) in [5.74, 6) is 0.859. The minimum absolute atomic E-state index is 0.260. The molecule has 0 bridgehead atoms. The Morgan fingerprint density at radius 2 is 2.10 bits per heavy atom. The zero-order valence-corrected chi connectivity index (χ0v) is 13.5. The van der Waals surface area contributed by atoms with Gasteiger partial charge < -0.3 is 15.8 Å². The molecule has 21 heavy (non-hydrogen) atoms. The van der Waals surface area contributed by atoms with E-state index in [1.54, 1.807) is 19.2 Å². The number of nitrogens with two attached hydrogens (primary N) is 1. The molecule has 1 heterocycles. The third-order valence-electron chi connectivity index (χ3n) is 3.29. The Bertz CT molecular complexity index is 461. The van der Waals surface area contributed by atoms with Gasteiger partial charge in [0.15, 0.2) is 0 Å². The zero-order valence-electron chi connectivity index (χ0n) is 13.5. The van der Waals surface area contributed by atoms with Crippen molar-refractivity contribution in [3.63, 3.8) is 0 Å². The molecule has 5 nitrogen and oxygen atoms in total. The first-order valence-electron chi connectivity index (χ1n) is 7.63. The number of nitrogen functional groups attached to an aromatic ring is 1.